The van der Waals surface area contributed by atoms with Gasteiger partial charge in [0.15, 0.2) is 0 Å². The first-order chi connectivity index (χ1) is 17.0. The fourth-order valence-electron chi connectivity index (χ4n) is 6.38. The molecule has 3 aromatic rings. The van der Waals surface area contributed by atoms with Crippen LogP contribution < -0.4 is 5.32 Å². The minimum atomic E-state index is -0.479. The van der Waals surface area contributed by atoms with Crippen molar-refractivity contribution in [2.24, 2.45) is 5.92 Å². The number of hydrogen-bond donors (Lipinski definition) is 1. The summed E-state index contributed by atoms with van der Waals surface area (Å²) in [6.07, 6.45) is 0.840. The van der Waals surface area contributed by atoms with Crippen molar-refractivity contribution in [3.8, 4) is 0 Å². The van der Waals surface area contributed by atoms with Crippen LogP contribution in [0.4, 0.5) is 0 Å². The van der Waals surface area contributed by atoms with Gasteiger partial charge in [-0.3, -0.25) is 14.5 Å². The van der Waals surface area contributed by atoms with E-state index in [1.807, 2.05) is 71.6 Å². The van der Waals surface area contributed by atoms with E-state index in [1.165, 1.54) is 5.56 Å². The quantitative estimate of drug-likeness (QED) is 0.611. The molecule has 2 heterocycles. The van der Waals surface area contributed by atoms with Crippen LogP contribution in [0.15, 0.2) is 91.0 Å². The molecule has 35 heavy (non-hydrogen) atoms. The van der Waals surface area contributed by atoms with Crippen LogP contribution >= 0.6 is 0 Å². The Balaban J connectivity index is 1.48. The second-order valence-corrected chi connectivity index (χ2v) is 10.0. The van der Waals surface area contributed by atoms with Crippen LogP contribution in [0.1, 0.15) is 42.0 Å². The van der Waals surface area contributed by atoms with Gasteiger partial charge in [0.25, 0.3) is 0 Å². The molecule has 2 fully saturated rings. The van der Waals surface area contributed by atoms with E-state index < -0.39 is 5.54 Å². The number of amides is 2. The monoisotopic (exact) mass is 467 g/mol. The second kappa shape index (κ2) is 9.67. The van der Waals surface area contributed by atoms with Crippen molar-refractivity contribution in [1.29, 1.82) is 0 Å². The molecule has 0 aliphatic carbocycles. The molecule has 3 aromatic carbocycles. The molecule has 2 aliphatic rings. The lowest BCUT2D eigenvalue weighted by molar-refractivity contribution is -0.136. The average Bonchev–Trinajstić information content (AvgIpc) is 3.15. The summed E-state index contributed by atoms with van der Waals surface area (Å²) in [5.74, 6) is -0.0902. The maximum Gasteiger partial charge on any atom is 0.234 e. The van der Waals surface area contributed by atoms with Crippen LogP contribution in [-0.4, -0.2) is 53.8 Å². The molecule has 180 valence electrons. The molecular formula is C30H33N3O2. The summed E-state index contributed by atoms with van der Waals surface area (Å²) < 4.78 is 0. The third kappa shape index (κ3) is 4.48. The second-order valence-electron chi connectivity index (χ2n) is 10.0. The first kappa shape index (κ1) is 23.3. The van der Waals surface area contributed by atoms with E-state index in [0.29, 0.717) is 19.6 Å². The van der Waals surface area contributed by atoms with Crippen LogP contribution in [0.3, 0.4) is 0 Å². The third-order valence-electron chi connectivity index (χ3n) is 7.67. The highest BCUT2D eigenvalue weighted by Crippen LogP contribution is 2.47. The Morgan fingerprint density at radius 1 is 0.857 bits per heavy atom. The van der Waals surface area contributed by atoms with Crippen LogP contribution in [0, 0.1) is 5.92 Å². The fourth-order valence-corrected chi connectivity index (χ4v) is 6.38. The van der Waals surface area contributed by atoms with Crippen molar-refractivity contribution >= 4 is 11.8 Å². The number of carbonyl (C=O) groups excluding carboxylic acids is 2. The maximum atomic E-state index is 14.1. The van der Waals surface area contributed by atoms with Crippen molar-refractivity contribution in [2.45, 2.75) is 30.8 Å². The summed E-state index contributed by atoms with van der Waals surface area (Å²) in [7, 11) is 2.13. The highest BCUT2D eigenvalue weighted by Gasteiger charge is 2.55. The van der Waals surface area contributed by atoms with Crippen molar-refractivity contribution in [1.82, 2.24) is 15.1 Å². The zero-order valence-corrected chi connectivity index (χ0v) is 20.4. The lowest BCUT2D eigenvalue weighted by atomic mass is 9.75. The zero-order valence-electron chi connectivity index (χ0n) is 20.4. The number of likely N-dealkylation sites (N-methyl/N-ethyl adjacent to an activating group) is 1. The number of carbonyl (C=O) groups is 2. The van der Waals surface area contributed by atoms with Gasteiger partial charge in [0, 0.05) is 38.5 Å². The molecule has 0 bridgehead atoms. The highest BCUT2D eigenvalue weighted by atomic mass is 16.2. The Morgan fingerprint density at radius 3 is 1.94 bits per heavy atom. The average molecular weight is 468 g/mol. The topological polar surface area (TPSA) is 52.7 Å². The summed E-state index contributed by atoms with van der Waals surface area (Å²) in [6, 6.07) is 30.7. The summed E-state index contributed by atoms with van der Waals surface area (Å²) in [5.41, 5.74) is 2.76. The number of likely N-dealkylation sites (tertiary alicyclic amines) is 2. The Labute approximate surface area is 207 Å². The molecule has 0 aromatic heterocycles. The van der Waals surface area contributed by atoms with Gasteiger partial charge >= 0.3 is 0 Å². The standard InChI is InChI=1S/C30H33N3O2/c1-22(34)31-30-20-32(2)28(25-16-10-5-11-17-25)26(30)18-19-33(21-30)29(35)27(23-12-6-3-7-13-23)24-14-8-4-9-15-24/h3-17,26-28H,18-21H2,1-2H3,(H,31,34)/t26-,28-,30+/m1/s1. The van der Waals surface area contributed by atoms with E-state index in [-0.39, 0.29) is 29.7 Å². The van der Waals surface area contributed by atoms with Crippen LogP contribution in [-0.2, 0) is 9.59 Å². The number of nitrogens with zero attached hydrogens (tertiary/aromatic N) is 2. The molecule has 3 atom stereocenters. The number of piperidine rings is 1. The summed E-state index contributed by atoms with van der Waals surface area (Å²) in [5, 5.41) is 3.32. The number of nitrogens with one attached hydrogen (secondary N) is 1. The molecule has 2 aliphatic heterocycles. The minimum Gasteiger partial charge on any atom is -0.347 e. The van der Waals surface area contributed by atoms with Crippen LogP contribution in [0.2, 0.25) is 0 Å². The third-order valence-corrected chi connectivity index (χ3v) is 7.67. The molecular weight excluding hydrogens is 434 g/mol. The largest absolute Gasteiger partial charge is 0.347 e. The summed E-state index contributed by atoms with van der Waals surface area (Å²) in [6.45, 7) is 3.49. The smallest absolute Gasteiger partial charge is 0.234 e. The van der Waals surface area contributed by atoms with E-state index in [0.717, 1.165) is 17.5 Å². The first-order valence-corrected chi connectivity index (χ1v) is 12.4. The molecule has 5 rings (SSSR count). The van der Waals surface area contributed by atoms with Gasteiger partial charge in [0.1, 0.15) is 0 Å². The van der Waals surface area contributed by atoms with Crippen LogP contribution in [0.5, 0.6) is 0 Å². The SMILES string of the molecule is CC(=O)N[C@@]12CN(C(=O)C(c3ccccc3)c3ccccc3)CC[C@@H]1[C@@H](c1ccccc1)N(C)C2. The van der Waals surface area contributed by atoms with Gasteiger partial charge < -0.3 is 10.2 Å². The van der Waals surface area contributed by atoms with Gasteiger partial charge in [-0.1, -0.05) is 91.0 Å². The molecule has 5 nitrogen and oxygen atoms in total. The van der Waals surface area contributed by atoms with Crippen molar-refractivity contribution in [3.63, 3.8) is 0 Å². The van der Waals surface area contributed by atoms with Gasteiger partial charge in [-0.2, -0.15) is 0 Å². The lowest BCUT2D eigenvalue weighted by Crippen LogP contribution is -2.64. The molecule has 5 heteroatoms. The predicted molar refractivity (Wildman–Crippen MR) is 138 cm³/mol. The summed E-state index contributed by atoms with van der Waals surface area (Å²) >= 11 is 0. The molecule has 0 radical (unpaired) electrons. The van der Waals surface area contributed by atoms with Gasteiger partial charge in [-0.25, -0.2) is 0 Å². The molecule has 0 spiro atoms. The summed E-state index contributed by atoms with van der Waals surface area (Å²) in [4.78, 5) is 30.9. The zero-order chi connectivity index (χ0) is 24.4. The van der Waals surface area contributed by atoms with Crippen molar-refractivity contribution in [3.05, 3.63) is 108 Å². The van der Waals surface area contributed by atoms with Gasteiger partial charge in [0.05, 0.1) is 11.5 Å². The number of fused-ring (bicyclic) bond motifs is 1. The molecule has 1 N–H and O–H groups in total. The van der Waals surface area contributed by atoms with E-state index in [4.69, 9.17) is 0 Å². The van der Waals surface area contributed by atoms with Gasteiger partial charge in [-0.15, -0.1) is 0 Å². The Kier molecular flexibility index (Phi) is 6.44. The van der Waals surface area contributed by atoms with Gasteiger partial charge in [-0.05, 0) is 30.2 Å². The predicted octanol–water partition coefficient (Wildman–Crippen LogP) is 4.23. The molecule has 2 saturated heterocycles. The lowest BCUT2D eigenvalue weighted by Gasteiger charge is -2.46. The van der Waals surface area contributed by atoms with Crippen molar-refractivity contribution < 1.29 is 9.59 Å². The van der Waals surface area contributed by atoms with Crippen molar-refractivity contribution in [2.75, 3.05) is 26.7 Å². The van der Waals surface area contributed by atoms with E-state index in [9.17, 15) is 9.59 Å². The minimum absolute atomic E-state index is 0.0471. The van der Waals surface area contributed by atoms with E-state index in [1.54, 1.807) is 6.92 Å². The Morgan fingerprint density at radius 2 is 1.40 bits per heavy atom. The molecule has 2 amide bonds. The number of benzene rings is 3. The molecule has 0 saturated carbocycles. The van der Waals surface area contributed by atoms with E-state index >= 15 is 0 Å². The number of rotatable bonds is 5. The van der Waals surface area contributed by atoms with Gasteiger partial charge in [0.2, 0.25) is 11.8 Å². The Hall–Kier alpha value is -3.44. The highest BCUT2D eigenvalue weighted by molar-refractivity contribution is 5.87. The fraction of sp³-hybridized carbons (Fsp3) is 0.333. The normalized spacial score (nSPS) is 24.3. The maximum absolute atomic E-state index is 14.1. The van der Waals surface area contributed by atoms with Crippen LogP contribution in [0.25, 0.3) is 0 Å². The number of hydrogen-bond acceptors (Lipinski definition) is 3. The molecule has 0 unspecified atom stereocenters. The van der Waals surface area contributed by atoms with E-state index in [2.05, 4.69) is 41.5 Å². The Bertz CT molecular complexity index is 1130. The first-order valence-electron chi connectivity index (χ1n) is 12.4.